The molecule has 0 spiro atoms. The lowest BCUT2D eigenvalue weighted by Gasteiger charge is -2.26. The van der Waals surface area contributed by atoms with Crippen molar-refractivity contribution in [3.8, 4) is 23.0 Å². The number of ether oxygens (including phenoxy) is 2. The summed E-state index contributed by atoms with van der Waals surface area (Å²) in [5, 5.41) is 0. The van der Waals surface area contributed by atoms with Gasteiger partial charge in [0, 0.05) is 30.4 Å². The van der Waals surface area contributed by atoms with E-state index in [1.54, 1.807) is 41.6 Å². The smallest absolute Gasteiger partial charge is 0.434 e. The van der Waals surface area contributed by atoms with Gasteiger partial charge in [0.2, 0.25) is 5.88 Å². The average Bonchev–Trinajstić information content (AvgIpc) is 3.41. The molecule has 2 aromatic heterocycles. The molecule has 0 saturated carbocycles. The van der Waals surface area contributed by atoms with Crippen LogP contribution in [0.5, 0.6) is 11.6 Å². The number of alkyl halides is 3. The molecule has 0 N–H and O–H groups in total. The molecule has 3 unspecified atom stereocenters. The van der Waals surface area contributed by atoms with Crippen molar-refractivity contribution in [3.05, 3.63) is 60.3 Å². The van der Waals surface area contributed by atoms with Crippen LogP contribution in [0.2, 0.25) is 0 Å². The fourth-order valence-corrected chi connectivity index (χ4v) is 4.73. The third kappa shape index (κ3) is 3.91. The second-order valence-corrected chi connectivity index (χ2v) is 8.10. The molecule has 0 aliphatic carbocycles. The Morgan fingerprint density at radius 3 is 2.53 bits per heavy atom. The molecule has 1 amide bonds. The van der Waals surface area contributed by atoms with Gasteiger partial charge in [0.1, 0.15) is 11.9 Å². The Kier molecular flexibility index (Phi) is 5.54. The van der Waals surface area contributed by atoms with Crippen molar-refractivity contribution in [3.63, 3.8) is 0 Å². The zero-order valence-corrected chi connectivity index (χ0v) is 18.1. The minimum Gasteiger partial charge on any atom is -0.496 e. The van der Waals surface area contributed by atoms with Gasteiger partial charge in [-0.1, -0.05) is 12.1 Å². The van der Waals surface area contributed by atoms with Gasteiger partial charge in [0.25, 0.3) is 5.91 Å². The van der Waals surface area contributed by atoms with Gasteiger partial charge in [0.05, 0.1) is 31.1 Å². The normalized spacial score (nSPS) is 21.5. The van der Waals surface area contributed by atoms with Crippen molar-refractivity contribution in [2.75, 3.05) is 7.11 Å². The summed E-state index contributed by atoms with van der Waals surface area (Å²) in [4.78, 5) is 31.3. The highest BCUT2D eigenvalue weighted by Crippen LogP contribution is 2.42. The molecule has 2 bridgehead atoms. The maximum absolute atomic E-state index is 13.8. The number of rotatable bonds is 5. The van der Waals surface area contributed by atoms with Crippen molar-refractivity contribution in [1.82, 2.24) is 24.8 Å². The van der Waals surface area contributed by atoms with Gasteiger partial charge < -0.3 is 14.4 Å². The minimum absolute atomic E-state index is 0.00591. The number of hydrogen-bond acceptors (Lipinski definition) is 7. The molecule has 2 aliphatic heterocycles. The quantitative estimate of drug-likeness (QED) is 0.559. The van der Waals surface area contributed by atoms with Crippen LogP contribution in [-0.2, 0) is 6.18 Å². The number of nitrogens with zero attached hydrogens (tertiary/aromatic N) is 5. The highest BCUT2D eigenvalue weighted by Gasteiger charge is 2.51. The van der Waals surface area contributed by atoms with Gasteiger partial charge in [-0.15, -0.1) is 0 Å². The molecule has 2 aliphatic rings. The Morgan fingerprint density at radius 1 is 1.06 bits per heavy atom. The summed E-state index contributed by atoms with van der Waals surface area (Å²) < 4.78 is 49.6. The summed E-state index contributed by atoms with van der Waals surface area (Å²) >= 11 is 0. The van der Waals surface area contributed by atoms with E-state index >= 15 is 0 Å². The Hall–Kier alpha value is -3.76. The summed E-state index contributed by atoms with van der Waals surface area (Å²) in [7, 11) is 1.50. The van der Waals surface area contributed by atoms with Gasteiger partial charge in [-0.05, 0) is 25.0 Å². The van der Waals surface area contributed by atoms with Crippen molar-refractivity contribution < 1.29 is 27.4 Å². The number of fused-ring (bicyclic) bond motifs is 2. The van der Waals surface area contributed by atoms with Crippen LogP contribution in [-0.4, -0.2) is 56.0 Å². The van der Waals surface area contributed by atoms with Crippen LogP contribution < -0.4 is 9.47 Å². The van der Waals surface area contributed by atoms with Gasteiger partial charge in [-0.25, -0.2) is 19.9 Å². The fraction of sp³-hybridized carbons (Fsp3) is 0.348. The number of carbonyl (C=O) groups excluding carboxylic acids is 1. The van der Waals surface area contributed by atoms with E-state index in [-0.39, 0.29) is 23.9 Å². The summed E-state index contributed by atoms with van der Waals surface area (Å²) in [6, 6.07) is 6.63. The Balaban J connectivity index is 1.41. The molecule has 176 valence electrons. The SMILES string of the molecule is COc1cccc(-c2ncccn2)c1C(=O)N1C2CCC1C(Oc1cnc(C(F)(F)F)cn1)C2. The van der Waals surface area contributed by atoms with Crippen LogP contribution in [0.1, 0.15) is 35.3 Å². The highest BCUT2D eigenvalue weighted by molar-refractivity contribution is 6.03. The average molecular weight is 471 g/mol. The molecule has 0 radical (unpaired) electrons. The molecule has 8 nitrogen and oxygen atoms in total. The molecule has 2 saturated heterocycles. The van der Waals surface area contributed by atoms with Crippen LogP contribution >= 0.6 is 0 Å². The number of hydrogen-bond donors (Lipinski definition) is 0. The maximum atomic E-state index is 13.8. The van der Waals surface area contributed by atoms with Crippen molar-refractivity contribution >= 4 is 5.91 Å². The summed E-state index contributed by atoms with van der Waals surface area (Å²) in [6.45, 7) is 0. The van der Waals surface area contributed by atoms with Crippen molar-refractivity contribution in [2.45, 2.75) is 43.6 Å². The lowest BCUT2D eigenvalue weighted by Crippen LogP contribution is -2.39. The summed E-state index contributed by atoms with van der Waals surface area (Å²) in [6.07, 6.45) is 1.90. The lowest BCUT2D eigenvalue weighted by molar-refractivity contribution is -0.141. The van der Waals surface area contributed by atoms with Gasteiger partial charge >= 0.3 is 6.18 Å². The van der Waals surface area contributed by atoms with Crippen LogP contribution in [0.15, 0.2) is 49.1 Å². The number of aromatic nitrogens is 4. The predicted molar refractivity (Wildman–Crippen MR) is 113 cm³/mol. The largest absolute Gasteiger partial charge is 0.496 e. The number of amides is 1. The Labute approximate surface area is 192 Å². The molecule has 34 heavy (non-hydrogen) atoms. The van der Waals surface area contributed by atoms with E-state index in [2.05, 4.69) is 19.9 Å². The molecule has 2 fully saturated rings. The van der Waals surface area contributed by atoms with Crippen LogP contribution in [0, 0.1) is 0 Å². The van der Waals surface area contributed by atoms with Gasteiger partial charge in [-0.3, -0.25) is 4.79 Å². The first-order valence-corrected chi connectivity index (χ1v) is 10.7. The molecular formula is C23H20F3N5O3. The first-order valence-electron chi connectivity index (χ1n) is 10.7. The monoisotopic (exact) mass is 471 g/mol. The number of methoxy groups -OCH3 is 1. The van der Waals surface area contributed by atoms with E-state index in [0.29, 0.717) is 41.7 Å². The van der Waals surface area contributed by atoms with E-state index in [1.807, 2.05) is 0 Å². The molecule has 1 aromatic carbocycles. The molecule has 4 heterocycles. The lowest BCUT2D eigenvalue weighted by atomic mass is 9.98. The zero-order chi connectivity index (χ0) is 23.9. The van der Waals surface area contributed by atoms with E-state index < -0.39 is 18.0 Å². The van der Waals surface area contributed by atoms with Crippen LogP contribution in [0.3, 0.4) is 0 Å². The number of benzene rings is 1. The Morgan fingerprint density at radius 2 is 1.85 bits per heavy atom. The predicted octanol–water partition coefficient (Wildman–Crippen LogP) is 3.79. The van der Waals surface area contributed by atoms with Crippen LogP contribution in [0.25, 0.3) is 11.4 Å². The Bertz CT molecular complexity index is 1190. The molecule has 5 rings (SSSR count). The zero-order valence-electron chi connectivity index (χ0n) is 18.1. The standard InChI is InChI=1S/C23H20F3N5O3/c1-33-16-5-2-4-14(21-27-8-3-9-28-21)20(16)22(32)31-13-6-7-15(31)17(10-13)34-19-12-29-18(11-30-19)23(24,25)26/h2-5,8-9,11-13,15,17H,6-7,10H2,1H3. The molecule has 11 heteroatoms. The number of carbonyl (C=O) groups is 1. The van der Waals surface area contributed by atoms with E-state index in [1.165, 1.54) is 7.11 Å². The summed E-state index contributed by atoms with van der Waals surface area (Å²) in [5.74, 6) is 0.585. The molecular weight excluding hydrogens is 451 g/mol. The number of halogens is 3. The van der Waals surface area contributed by atoms with Gasteiger partial charge in [0.15, 0.2) is 11.5 Å². The molecule has 3 atom stereocenters. The van der Waals surface area contributed by atoms with Gasteiger partial charge in [-0.2, -0.15) is 13.2 Å². The molecule has 3 aromatic rings. The van der Waals surface area contributed by atoms with E-state index in [0.717, 1.165) is 12.6 Å². The van der Waals surface area contributed by atoms with E-state index in [9.17, 15) is 18.0 Å². The highest BCUT2D eigenvalue weighted by atomic mass is 19.4. The third-order valence-corrected chi connectivity index (χ3v) is 6.17. The van der Waals surface area contributed by atoms with E-state index in [4.69, 9.17) is 9.47 Å². The van der Waals surface area contributed by atoms with Crippen molar-refractivity contribution in [1.29, 1.82) is 0 Å². The first-order chi connectivity index (χ1) is 16.4. The fourth-order valence-electron chi connectivity index (χ4n) is 4.73. The van der Waals surface area contributed by atoms with Crippen LogP contribution in [0.4, 0.5) is 13.2 Å². The first kappa shape index (κ1) is 22.1. The third-order valence-electron chi connectivity index (χ3n) is 6.17. The second-order valence-electron chi connectivity index (χ2n) is 8.10. The second kappa shape index (κ2) is 8.54. The topological polar surface area (TPSA) is 90.3 Å². The summed E-state index contributed by atoms with van der Waals surface area (Å²) in [5.41, 5.74) is -0.165. The maximum Gasteiger partial charge on any atom is 0.434 e. The minimum atomic E-state index is -4.57. The van der Waals surface area contributed by atoms with Crippen molar-refractivity contribution in [2.24, 2.45) is 0 Å².